The van der Waals surface area contributed by atoms with E-state index in [0.29, 0.717) is 0 Å². The van der Waals surface area contributed by atoms with Gasteiger partial charge < -0.3 is 8.92 Å². The molecule has 1 heterocycles. The standard InChI is InChI=1S/C13H8ClF6O4S/c1-2-7-10(24-25(21,22)13(18,19)20)8-5-6(14)3-4-9(8)23-11(7)12(15,16)17/h3-5,11H,1-2H2. The second-order valence-corrected chi connectivity index (χ2v) is 6.74. The van der Waals surface area contributed by atoms with E-state index < -0.39 is 57.0 Å². The number of halogens is 7. The maximum absolute atomic E-state index is 13.2. The molecule has 0 spiro atoms. The summed E-state index contributed by atoms with van der Waals surface area (Å²) in [6.45, 7) is 3.18. The van der Waals surface area contributed by atoms with Crippen molar-refractivity contribution in [2.75, 3.05) is 0 Å². The van der Waals surface area contributed by atoms with Gasteiger partial charge >= 0.3 is 21.8 Å². The van der Waals surface area contributed by atoms with Crippen molar-refractivity contribution < 1.29 is 43.7 Å². The monoisotopic (exact) mass is 409 g/mol. The predicted octanol–water partition coefficient (Wildman–Crippen LogP) is 4.46. The van der Waals surface area contributed by atoms with E-state index in [1.54, 1.807) is 0 Å². The Bertz CT molecular complexity index is 813. The molecular weight excluding hydrogens is 402 g/mol. The van der Waals surface area contributed by atoms with Gasteiger partial charge in [-0.3, -0.25) is 0 Å². The number of benzene rings is 1. The lowest BCUT2D eigenvalue weighted by Gasteiger charge is -2.31. The molecule has 0 saturated carbocycles. The molecule has 0 saturated heterocycles. The van der Waals surface area contributed by atoms with Crippen molar-refractivity contribution in [1.29, 1.82) is 0 Å². The van der Waals surface area contributed by atoms with Crippen molar-refractivity contribution in [3.8, 4) is 5.75 Å². The van der Waals surface area contributed by atoms with Crippen LogP contribution in [0.15, 0.2) is 23.8 Å². The number of rotatable bonds is 3. The molecule has 1 aliphatic heterocycles. The molecule has 12 heteroatoms. The minimum Gasteiger partial charge on any atom is -0.476 e. The summed E-state index contributed by atoms with van der Waals surface area (Å²) in [5, 5.41) is -0.0817. The SMILES string of the molecule is [CH2]CC1=C(OS(=O)(=O)C(F)(F)F)c2cc(Cl)ccc2OC1C(F)(F)F. The summed E-state index contributed by atoms with van der Waals surface area (Å²) in [6, 6.07) is 3.01. The third-order valence-corrected chi connectivity index (χ3v) is 4.27. The highest BCUT2D eigenvalue weighted by Crippen LogP contribution is 2.45. The van der Waals surface area contributed by atoms with Crippen LogP contribution in [0.5, 0.6) is 5.75 Å². The van der Waals surface area contributed by atoms with Gasteiger partial charge in [0.15, 0.2) is 5.76 Å². The summed E-state index contributed by atoms with van der Waals surface area (Å²) in [5.74, 6) is -1.69. The van der Waals surface area contributed by atoms with Gasteiger partial charge in [-0.15, -0.1) is 0 Å². The molecule has 1 aromatic rings. The zero-order chi connectivity index (χ0) is 19.2. The lowest BCUT2D eigenvalue weighted by Crippen LogP contribution is -2.39. The number of ether oxygens (including phenoxy) is 1. The van der Waals surface area contributed by atoms with Gasteiger partial charge in [0, 0.05) is 10.6 Å². The van der Waals surface area contributed by atoms with Crippen LogP contribution in [0.25, 0.3) is 5.76 Å². The van der Waals surface area contributed by atoms with Gasteiger partial charge in [0.2, 0.25) is 6.10 Å². The van der Waals surface area contributed by atoms with Crippen molar-refractivity contribution in [1.82, 2.24) is 0 Å². The first-order valence-corrected chi connectivity index (χ1v) is 8.13. The average molecular weight is 410 g/mol. The molecule has 0 amide bonds. The highest BCUT2D eigenvalue weighted by Gasteiger charge is 2.52. The van der Waals surface area contributed by atoms with Gasteiger partial charge in [-0.05, 0) is 31.5 Å². The smallest absolute Gasteiger partial charge is 0.476 e. The molecule has 0 N–H and O–H groups in total. The molecule has 0 aliphatic carbocycles. The summed E-state index contributed by atoms with van der Waals surface area (Å²) in [4.78, 5) is 0. The third kappa shape index (κ3) is 3.81. The Kier molecular flexibility index (Phi) is 4.94. The molecule has 1 unspecified atom stereocenters. The molecule has 4 nitrogen and oxygen atoms in total. The zero-order valence-corrected chi connectivity index (χ0v) is 13.5. The zero-order valence-electron chi connectivity index (χ0n) is 11.9. The maximum Gasteiger partial charge on any atom is 0.534 e. The topological polar surface area (TPSA) is 52.6 Å². The fraction of sp³-hybridized carbons (Fsp3) is 0.308. The van der Waals surface area contributed by atoms with Crippen molar-refractivity contribution in [3.05, 3.63) is 41.3 Å². The largest absolute Gasteiger partial charge is 0.534 e. The van der Waals surface area contributed by atoms with Gasteiger partial charge in [-0.2, -0.15) is 34.8 Å². The van der Waals surface area contributed by atoms with E-state index in [0.717, 1.165) is 18.2 Å². The summed E-state index contributed by atoms with van der Waals surface area (Å²) < 4.78 is 108. The molecule has 25 heavy (non-hydrogen) atoms. The van der Waals surface area contributed by atoms with Crippen molar-refractivity contribution in [2.45, 2.75) is 24.2 Å². The quantitative estimate of drug-likeness (QED) is 0.420. The summed E-state index contributed by atoms with van der Waals surface area (Å²) in [7, 11) is -6.22. The highest BCUT2D eigenvalue weighted by molar-refractivity contribution is 7.87. The number of alkyl halides is 6. The summed E-state index contributed by atoms with van der Waals surface area (Å²) in [6.07, 6.45) is -8.48. The Labute approximate surface area is 143 Å². The molecule has 1 aliphatic rings. The minimum atomic E-state index is -6.22. The normalized spacial score (nSPS) is 18.6. The van der Waals surface area contributed by atoms with Gasteiger partial charge in [0.25, 0.3) is 0 Å². The molecule has 2 rings (SSSR count). The first-order chi connectivity index (χ1) is 11.3. The van der Waals surface area contributed by atoms with Crippen LogP contribution in [0.3, 0.4) is 0 Å². The first-order valence-electron chi connectivity index (χ1n) is 6.34. The fourth-order valence-corrected chi connectivity index (χ4v) is 2.72. The Morgan fingerprint density at radius 1 is 1.20 bits per heavy atom. The Hall–Kier alpha value is -1.62. The molecule has 0 fully saturated rings. The second kappa shape index (κ2) is 6.27. The van der Waals surface area contributed by atoms with E-state index in [1.165, 1.54) is 0 Å². The summed E-state index contributed by atoms with van der Waals surface area (Å²) >= 11 is 5.68. The second-order valence-electron chi connectivity index (χ2n) is 4.77. The highest BCUT2D eigenvalue weighted by atomic mass is 35.5. The van der Waals surface area contributed by atoms with Crippen LogP contribution in [-0.2, 0) is 14.3 Å². The van der Waals surface area contributed by atoms with Crippen molar-refractivity contribution >= 4 is 27.5 Å². The van der Waals surface area contributed by atoms with Crippen LogP contribution in [0, 0.1) is 6.92 Å². The van der Waals surface area contributed by atoms with E-state index in [4.69, 9.17) is 16.3 Å². The van der Waals surface area contributed by atoms with Crippen LogP contribution in [0.1, 0.15) is 12.0 Å². The van der Waals surface area contributed by atoms with E-state index in [9.17, 15) is 34.8 Å². The van der Waals surface area contributed by atoms with Gasteiger partial charge in [0.05, 0.1) is 5.56 Å². The van der Waals surface area contributed by atoms with E-state index in [-0.39, 0.29) is 5.02 Å². The van der Waals surface area contributed by atoms with Crippen molar-refractivity contribution in [2.24, 2.45) is 0 Å². The van der Waals surface area contributed by atoms with Crippen LogP contribution in [0.2, 0.25) is 5.02 Å². The molecule has 0 bridgehead atoms. The number of fused-ring (bicyclic) bond motifs is 1. The summed E-state index contributed by atoms with van der Waals surface area (Å²) in [5.41, 5.74) is -7.20. The fourth-order valence-electron chi connectivity index (χ4n) is 2.04. The lowest BCUT2D eigenvalue weighted by molar-refractivity contribution is -0.184. The van der Waals surface area contributed by atoms with Crippen LogP contribution in [0.4, 0.5) is 26.3 Å². The Morgan fingerprint density at radius 3 is 2.28 bits per heavy atom. The molecule has 0 aromatic heterocycles. The van der Waals surface area contributed by atoms with E-state index in [1.807, 2.05) is 0 Å². The molecule has 1 atom stereocenters. The van der Waals surface area contributed by atoms with Gasteiger partial charge in [-0.25, -0.2) is 0 Å². The predicted molar refractivity (Wildman–Crippen MR) is 74.9 cm³/mol. The van der Waals surface area contributed by atoms with Gasteiger partial charge in [-0.1, -0.05) is 11.6 Å². The van der Waals surface area contributed by atoms with E-state index >= 15 is 0 Å². The van der Waals surface area contributed by atoms with Crippen LogP contribution in [-0.4, -0.2) is 26.2 Å². The van der Waals surface area contributed by atoms with Gasteiger partial charge in [0.1, 0.15) is 5.75 Å². The number of hydrogen-bond donors (Lipinski definition) is 0. The molecular formula is C13H8ClF6O4S. The minimum absolute atomic E-state index is 0.0817. The molecule has 1 aromatic carbocycles. The van der Waals surface area contributed by atoms with E-state index in [2.05, 4.69) is 11.1 Å². The van der Waals surface area contributed by atoms with Crippen molar-refractivity contribution in [3.63, 3.8) is 0 Å². The Morgan fingerprint density at radius 2 is 1.80 bits per heavy atom. The third-order valence-electron chi connectivity index (χ3n) is 3.08. The Balaban J connectivity index is 2.71. The lowest BCUT2D eigenvalue weighted by atomic mass is 9.97. The average Bonchev–Trinajstić information content (AvgIpc) is 2.44. The number of hydrogen-bond acceptors (Lipinski definition) is 4. The van der Waals surface area contributed by atoms with Crippen LogP contribution >= 0.6 is 11.6 Å². The van der Waals surface area contributed by atoms with Crippen LogP contribution < -0.4 is 4.74 Å². The first kappa shape index (κ1) is 19.7. The maximum atomic E-state index is 13.2. The molecule has 1 radical (unpaired) electrons. The molecule has 139 valence electrons.